The van der Waals surface area contributed by atoms with E-state index in [1.165, 1.54) is 76.1 Å². The lowest BCUT2D eigenvalue weighted by atomic mass is 9.38. The number of carbonyl (C=O) groups is 1. The molecule has 1 aromatic carbocycles. The minimum atomic E-state index is 0.166. The molecule has 0 aromatic heterocycles. The first-order valence-corrected chi connectivity index (χ1v) is 21.1. The molecular weight excluding hydrogens is 630 g/mol. The van der Waals surface area contributed by atoms with Gasteiger partial charge in [0.2, 0.25) is 0 Å². The van der Waals surface area contributed by atoms with E-state index in [-0.39, 0.29) is 16.9 Å². The average Bonchev–Trinajstić information content (AvgIpc) is 3.57. The lowest BCUT2D eigenvalue weighted by Crippen LogP contribution is -2.62. The number of ether oxygens (including phenoxy) is 1. The summed E-state index contributed by atoms with van der Waals surface area (Å²) in [5, 5.41) is 0. The second-order valence-corrected chi connectivity index (χ2v) is 16.6. The van der Waals surface area contributed by atoms with Crippen LogP contribution in [0.5, 0.6) is 0 Å². The molecule has 0 aliphatic heterocycles. The third-order valence-electron chi connectivity index (χ3n) is 14.3. The van der Waals surface area contributed by atoms with Crippen molar-refractivity contribution in [3.05, 3.63) is 59.2 Å². The van der Waals surface area contributed by atoms with Gasteiger partial charge in [0, 0.05) is 18.6 Å². The second-order valence-electron chi connectivity index (χ2n) is 16.6. The van der Waals surface area contributed by atoms with Crippen molar-refractivity contribution in [2.75, 3.05) is 14.3 Å². The van der Waals surface area contributed by atoms with E-state index in [4.69, 9.17) is 10.5 Å². The number of halogens is 1. The Labute approximate surface area is 315 Å². The number of methoxy groups -OCH3 is 1. The normalized spacial score (nSPS) is 36.7. The predicted octanol–water partition coefficient (Wildman–Crippen LogP) is 13.1. The first-order valence-electron chi connectivity index (χ1n) is 21.1. The molecule has 3 nitrogen and oxygen atoms in total. The summed E-state index contributed by atoms with van der Waals surface area (Å²) in [6, 6.07) is 10.1. The lowest BCUT2D eigenvalue weighted by Gasteiger charge is -2.67. The van der Waals surface area contributed by atoms with Gasteiger partial charge < -0.3 is 15.3 Å². The zero-order valence-electron chi connectivity index (χ0n) is 35.3. The Bertz CT molecular complexity index is 1220. The molecule has 0 amide bonds. The molecular formula is C47H80FNO2. The van der Waals surface area contributed by atoms with Crippen molar-refractivity contribution in [2.24, 2.45) is 57.5 Å². The molecule has 6 aliphatic carbocycles. The summed E-state index contributed by atoms with van der Waals surface area (Å²) >= 11 is 0. The SMILES string of the molecule is CC.CC.CC.CC1(C)C(C2=CCC(C=O)CC2)=CCC2(C)C3CCC4C5CCCC5(N)CC[C@@]4(C)C3CCC12.CF.COCc1ccccc1. The molecule has 2 N–H and O–H groups in total. The van der Waals surface area contributed by atoms with Gasteiger partial charge in [-0.05, 0) is 140 Å². The minimum absolute atomic E-state index is 0.166. The number of benzene rings is 1. The maximum atomic E-state index is 11.3. The van der Waals surface area contributed by atoms with Gasteiger partial charge in [0.1, 0.15) is 6.29 Å². The van der Waals surface area contributed by atoms with Gasteiger partial charge in [-0.15, -0.1) is 0 Å². The molecule has 51 heavy (non-hydrogen) atoms. The molecule has 8 unspecified atom stereocenters. The van der Waals surface area contributed by atoms with Crippen molar-refractivity contribution in [3.63, 3.8) is 0 Å². The number of rotatable bonds is 4. The third kappa shape index (κ3) is 9.30. The predicted molar refractivity (Wildman–Crippen MR) is 218 cm³/mol. The zero-order chi connectivity index (χ0) is 38.5. The fourth-order valence-corrected chi connectivity index (χ4v) is 12.2. The highest BCUT2D eigenvalue weighted by Gasteiger charge is 2.64. The van der Waals surface area contributed by atoms with Crippen LogP contribution in [0.2, 0.25) is 0 Å². The second kappa shape index (κ2) is 20.6. The molecule has 0 bridgehead atoms. The molecule has 0 spiro atoms. The van der Waals surface area contributed by atoms with E-state index in [9.17, 15) is 9.18 Å². The van der Waals surface area contributed by atoms with E-state index in [0.717, 1.165) is 48.9 Å². The van der Waals surface area contributed by atoms with Crippen LogP contribution in [0.1, 0.15) is 158 Å². The van der Waals surface area contributed by atoms with Crippen LogP contribution in [0.4, 0.5) is 4.39 Å². The molecule has 9 atom stereocenters. The molecule has 292 valence electrons. The van der Waals surface area contributed by atoms with Gasteiger partial charge in [0.25, 0.3) is 0 Å². The Balaban J connectivity index is 0.000000449. The molecule has 4 saturated carbocycles. The maximum absolute atomic E-state index is 11.3. The number of alkyl halides is 1. The van der Waals surface area contributed by atoms with Crippen molar-refractivity contribution in [2.45, 2.75) is 165 Å². The standard InChI is InChI=1S/C32H49NO.C8H10O.3C2H6.CH3F/c1-29(2)23(22-9-7-21(20-34)8-10-22)15-17-31(4)25-11-12-26-27-6-5-16-32(27,33)19-18-30(26,3)24(25)13-14-28(29)31;1-9-7-8-5-3-2-4-6-8;4*1-2/h9,15,20-21,24-28H,5-8,10-14,16-19,33H2,1-4H3;2-6H,7H2,1H3;3*1-2H3;1H3/t21?,24?,25?,26?,27?,28?,30-,31?,32?;;;;;/m0...../s1. The minimum Gasteiger partial charge on any atom is -0.380 e. The molecule has 1 aromatic rings. The highest BCUT2D eigenvalue weighted by atomic mass is 19.1. The summed E-state index contributed by atoms with van der Waals surface area (Å²) in [6.07, 6.45) is 23.0. The Morgan fingerprint density at radius 1 is 0.765 bits per heavy atom. The van der Waals surface area contributed by atoms with Crippen LogP contribution in [0, 0.1) is 51.8 Å². The fourth-order valence-electron chi connectivity index (χ4n) is 12.2. The van der Waals surface area contributed by atoms with Gasteiger partial charge in [-0.25, -0.2) is 0 Å². The van der Waals surface area contributed by atoms with Crippen LogP contribution in [-0.4, -0.2) is 26.1 Å². The van der Waals surface area contributed by atoms with Gasteiger partial charge in [0.15, 0.2) is 0 Å². The Morgan fingerprint density at radius 2 is 1.35 bits per heavy atom. The maximum Gasteiger partial charge on any atom is 0.123 e. The van der Waals surface area contributed by atoms with Crippen molar-refractivity contribution < 1.29 is 13.9 Å². The molecule has 6 aliphatic rings. The molecule has 4 fully saturated rings. The summed E-state index contributed by atoms with van der Waals surface area (Å²) < 4.78 is 14.4. The smallest absolute Gasteiger partial charge is 0.123 e. The number of aldehydes is 1. The molecule has 0 saturated heterocycles. The Kier molecular flexibility index (Phi) is 18.3. The van der Waals surface area contributed by atoms with Crippen LogP contribution in [0.15, 0.2) is 53.6 Å². The van der Waals surface area contributed by atoms with Gasteiger partial charge in [-0.2, -0.15) is 0 Å². The number of hydrogen-bond donors (Lipinski definition) is 1. The van der Waals surface area contributed by atoms with E-state index in [1.54, 1.807) is 18.3 Å². The monoisotopic (exact) mass is 710 g/mol. The van der Waals surface area contributed by atoms with Crippen molar-refractivity contribution in [1.29, 1.82) is 0 Å². The Morgan fingerprint density at radius 3 is 1.92 bits per heavy atom. The van der Waals surface area contributed by atoms with Gasteiger partial charge in [-0.1, -0.05) is 118 Å². The first-order chi connectivity index (χ1) is 24.6. The Hall–Kier alpha value is -1.78. The molecule has 4 heteroatoms. The van der Waals surface area contributed by atoms with E-state index in [0.29, 0.717) is 24.6 Å². The summed E-state index contributed by atoms with van der Waals surface area (Å²) in [5.74, 6) is 4.45. The number of fused-ring (bicyclic) bond motifs is 7. The quantitative estimate of drug-likeness (QED) is 0.317. The summed E-state index contributed by atoms with van der Waals surface area (Å²) in [7, 11) is 2.20. The van der Waals surface area contributed by atoms with Crippen molar-refractivity contribution in [3.8, 4) is 0 Å². The van der Waals surface area contributed by atoms with Gasteiger partial charge in [0.05, 0.1) is 13.8 Å². The van der Waals surface area contributed by atoms with E-state index >= 15 is 0 Å². The molecule has 7 rings (SSSR count). The highest BCUT2D eigenvalue weighted by molar-refractivity contribution is 5.55. The lowest BCUT2D eigenvalue weighted by molar-refractivity contribution is -0.164. The highest BCUT2D eigenvalue weighted by Crippen LogP contribution is 2.71. The first kappa shape index (κ1) is 45.4. The topological polar surface area (TPSA) is 52.3 Å². The van der Waals surface area contributed by atoms with Crippen LogP contribution in [0.3, 0.4) is 0 Å². The number of allylic oxidation sites excluding steroid dienone is 4. The average molecular weight is 710 g/mol. The van der Waals surface area contributed by atoms with Gasteiger partial charge in [-0.3, -0.25) is 4.39 Å². The van der Waals surface area contributed by atoms with E-state index in [1.807, 2.05) is 71.9 Å². The largest absolute Gasteiger partial charge is 0.380 e. The van der Waals surface area contributed by atoms with Crippen molar-refractivity contribution >= 4 is 6.29 Å². The van der Waals surface area contributed by atoms with E-state index < -0.39 is 0 Å². The third-order valence-corrected chi connectivity index (χ3v) is 14.3. The van der Waals surface area contributed by atoms with Crippen molar-refractivity contribution in [1.82, 2.24) is 0 Å². The molecule has 0 heterocycles. The zero-order valence-corrected chi connectivity index (χ0v) is 35.3. The van der Waals surface area contributed by atoms with Crippen LogP contribution in [-0.2, 0) is 16.1 Å². The summed E-state index contributed by atoms with van der Waals surface area (Å²) in [6.45, 7) is 23.2. The van der Waals surface area contributed by atoms with Gasteiger partial charge >= 0.3 is 0 Å². The van der Waals surface area contributed by atoms with Crippen LogP contribution < -0.4 is 5.73 Å². The number of nitrogens with two attached hydrogens (primary N) is 1. The van der Waals surface area contributed by atoms with Crippen LogP contribution in [0.25, 0.3) is 0 Å². The summed E-state index contributed by atoms with van der Waals surface area (Å²) in [4.78, 5) is 11.3. The molecule has 0 radical (unpaired) electrons. The van der Waals surface area contributed by atoms with Crippen LogP contribution >= 0.6 is 0 Å². The van der Waals surface area contributed by atoms with E-state index in [2.05, 4.69) is 39.8 Å². The number of hydrogen-bond acceptors (Lipinski definition) is 3. The number of carbonyl (C=O) groups excluding carboxylic acids is 1. The fraction of sp³-hybridized carbons (Fsp3) is 0.766. The summed E-state index contributed by atoms with van der Waals surface area (Å²) in [5.41, 5.74) is 12.8.